The second-order valence-electron chi connectivity index (χ2n) is 4.10. The third-order valence-electron chi connectivity index (χ3n) is 2.40. The molecule has 0 heterocycles. The normalized spacial score (nSPS) is 10.3. The van der Waals surface area contributed by atoms with Crippen molar-refractivity contribution in [1.29, 1.82) is 0 Å². The van der Waals surface area contributed by atoms with Crippen molar-refractivity contribution in [1.82, 2.24) is 5.32 Å². The van der Waals surface area contributed by atoms with Crippen molar-refractivity contribution in [3.8, 4) is 5.75 Å². The zero-order chi connectivity index (χ0) is 12.1. The molecule has 1 aromatic rings. The lowest BCUT2D eigenvalue weighted by Crippen LogP contribution is -2.26. The Hall–Kier alpha value is -1.51. The van der Waals surface area contributed by atoms with Crippen LogP contribution in [0.3, 0.4) is 0 Å². The molecule has 0 bridgehead atoms. The summed E-state index contributed by atoms with van der Waals surface area (Å²) >= 11 is 0. The van der Waals surface area contributed by atoms with Crippen LogP contribution in [-0.2, 0) is 0 Å². The molecule has 3 heteroatoms. The lowest BCUT2D eigenvalue weighted by molar-refractivity contribution is 0.201. The number of carbonyl (C=O) groups excluding carboxylic acids is 1. The summed E-state index contributed by atoms with van der Waals surface area (Å²) in [4.78, 5) is 11.3. The largest absolute Gasteiger partial charge is 0.412 e. The molecule has 0 atom stereocenters. The molecule has 0 spiro atoms. The van der Waals surface area contributed by atoms with Gasteiger partial charge in [-0.25, -0.2) is 4.79 Å². The van der Waals surface area contributed by atoms with Crippen molar-refractivity contribution < 1.29 is 9.53 Å². The summed E-state index contributed by atoms with van der Waals surface area (Å²) in [5.41, 5.74) is 2.14. The fourth-order valence-electron chi connectivity index (χ4n) is 1.37. The highest BCUT2D eigenvalue weighted by atomic mass is 16.6. The molecule has 0 unspecified atom stereocenters. The minimum Gasteiger partial charge on any atom is -0.410 e. The summed E-state index contributed by atoms with van der Waals surface area (Å²) in [5, 5.41) is 2.61. The molecular weight excluding hydrogens is 202 g/mol. The Kier molecular flexibility index (Phi) is 4.35. The van der Waals surface area contributed by atoms with Crippen LogP contribution in [0.25, 0.3) is 0 Å². The first-order valence-corrected chi connectivity index (χ1v) is 5.60. The highest BCUT2D eigenvalue weighted by molar-refractivity contribution is 5.70. The van der Waals surface area contributed by atoms with Crippen LogP contribution < -0.4 is 10.1 Å². The summed E-state index contributed by atoms with van der Waals surface area (Å²) in [6, 6.07) is 5.96. The van der Waals surface area contributed by atoms with Crippen LogP contribution in [0.15, 0.2) is 18.2 Å². The van der Waals surface area contributed by atoms with E-state index in [1.54, 1.807) is 0 Å². The molecule has 1 N–H and O–H groups in total. The number of ether oxygens (including phenoxy) is 1. The first-order chi connectivity index (χ1) is 7.54. The van der Waals surface area contributed by atoms with Gasteiger partial charge in [0.25, 0.3) is 0 Å². The van der Waals surface area contributed by atoms with Gasteiger partial charge >= 0.3 is 6.09 Å². The molecule has 0 aromatic heterocycles. The van der Waals surface area contributed by atoms with E-state index < -0.39 is 6.09 Å². The van der Waals surface area contributed by atoms with Crippen LogP contribution in [0, 0.1) is 6.92 Å². The first kappa shape index (κ1) is 12.6. The smallest absolute Gasteiger partial charge is 0.410 e. The van der Waals surface area contributed by atoms with Crippen molar-refractivity contribution in [3.63, 3.8) is 0 Å². The van der Waals surface area contributed by atoms with Crippen LogP contribution in [0.2, 0.25) is 0 Å². The van der Waals surface area contributed by atoms with Gasteiger partial charge in [0.05, 0.1) is 0 Å². The molecule has 88 valence electrons. The average Bonchev–Trinajstić information content (AvgIpc) is 2.21. The molecule has 0 saturated heterocycles. The van der Waals surface area contributed by atoms with E-state index in [0.717, 1.165) is 5.56 Å². The number of hydrogen-bond donors (Lipinski definition) is 1. The van der Waals surface area contributed by atoms with Crippen LogP contribution >= 0.6 is 0 Å². The predicted octanol–water partition coefficient (Wildman–Crippen LogP) is 3.23. The lowest BCUT2D eigenvalue weighted by Gasteiger charge is -2.11. The Morgan fingerprint density at radius 1 is 1.44 bits per heavy atom. The zero-order valence-electron chi connectivity index (χ0n) is 10.3. The number of aryl methyl sites for hydroxylation is 1. The van der Waals surface area contributed by atoms with Gasteiger partial charge < -0.3 is 10.1 Å². The molecule has 0 aliphatic rings. The Morgan fingerprint density at radius 3 is 2.69 bits per heavy atom. The number of benzene rings is 1. The molecule has 0 saturated carbocycles. The lowest BCUT2D eigenvalue weighted by atomic mass is 10.0. The van der Waals surface area contributed by atoms with Gasteiger partial charge in [0, 0.05) is 6.54 Å². The summed E-state index contributed by atoms with van der Waals surface area (Å²) in [6.45, 7) is 8.58. The Labute approximate surface area is 96.8 Å². The minimum atomic E-state index is -0.397. The molecule has 16 heavy (non-hydrogen) atoms. The zero-order valence-corrected chi connectivity index (χ0v) is 10.3. The van der Waals surface area contributed by atoms with Crippen molar-refractivity contribution in [2.24, 2.45) is 0 Å². The number of carbonyl (C=O) groups is 1. The molecule has 1 rings (SSSR count). The van der Waals surface area contributed by atoms with E-state index in [2.05, 4.69) is 25.2 Å². The SMILES string of the molecule is CCNC(=O)Oc1cc(C(C)C)ccc1C. The number of amides is 1. The number of hydrogen-bond acceptors (Lipinski definition) is 2. The van der Waals surface area contributed by atoms with Crippen molar-refractivity contribution >= 4 is 6.09 Å². The summed E-state index contributed by atoms with van der Waals surface area (Å²) < 4.78 is 5.23. The fraction of sp³-hybridized carbons (Fsp3) is 0.462. The van der Waals surface area contributed by atoms with E-state index >= 15 is 0 Å². The molecule has 0 aliphatic heterocycles. The molecule has 0 fully saturated rings. The topological polar surface area (TPSA) is 38.3 Å². The number of rotatable bonds is 3. The molecule has 1 aromatic carbocycles. The maximum absolute atomic E-state index is 11.3. The van der Waals surface area contributed by atoms with Crippen LogP contribution in [0.4, 0.5) is 4.79 Å². The van der Waals surface area contributed by atoms with E-state index in [-0.39, 0.29) is 0 Å². The summed E-state index contributed by atoms with van der Waals surface area (Å²) in [6.07, 6.45) is -0.397. The van der Waals surface area contributed by atoms with Crippen molar-refractivity contribution in [2.75, 3.05) is 6.54 Å². The summed E-state index contributed by atoms with van der Waals surface area (Å²) in [5.74, 6) is 1.06. The van der Waals surface area contributed by atoms with E-state index in [1.165, 1.54) is 5.56 Å². The monoisotopic (exact) mass is 221 g/mol. The number of nitrogens with one attached hydrogen (secondary N) is 1. The average molecular weight is 221 g/mol. The highest BCUT2D eigenvalue weighted by Gasteiger charge is 2.08. The standard InChI is InChI=1S/C13H19NO2/c1-5-14-13(15)16-12-8-11(9(2)3)7-6-10(12)4/h6-9H,5H2,1-4H3,(H,14,15). The van der Waals surface area contributed by atoms with Gasteiger partial charge in [0.2, 0.25) is 0 Å². The van der Waals surface area contributed by atoms with E-state index in [0.29, 0.717) is 18.2 Å². The van der Waals surface area contributed by atoms with Crippen molar-refractivity contribution in [3.05, 3.63) is 29.3 Å². The van der Waals surface area contributed by atoms with E-state index in [1.807, 2.05) is 26.0 Å². The van der Waals surface area contributed by atoms with E-state index in [4.69, 9.17) is 4.74 Å². The van der Waals surface area contributed by atoms with Gasteiger partial charge in [0.15, 0.2) is 0 Å². The van der Waals surface area contributed by atoms with Crippen molar-refractivity contribution in [2.45, 2.75) is 33.6 Å². The quantitative estimate of drug-likeness (QED) is 0.851. The predicted molar refractivity (Wildman–Crippen MR) is 65.0 cm³/mol. The van der Waals surface area contributed by atoms with Crippen LogP contribution in [0.1, 0.15) is 37.8 Å². The fourth-order valence-corrected chi connectivity index (χ4v) is 1.37. The van der Waals surface area contributed by atoms with Gasteiger partial charge in [-0.1, -0.05) is 26.0 Å². The minimum absolute atomic E-state index is 0.397. The highest BCUT2D eigenvalue weighted by Crippen LogP contribution is 2.24. The first-order valence-electron chi connectivity index (χ1n) is 5.60. The van der Waals surface area contributed by atoms with Crippen LogP contribution in [-0.4, -0.2) is 12.6 Å². The second kappa shape index (κ2) is 5.54. The second-order valence-corrected chi connectivity index (χ2v) is 4.10. The Balaban J connectivity index is 2.86. The van der Waals surface area contributed by atoms with Gasteiger partial charge in [0.1, 0.15) is 5.75 Å². The molecule has 0 aliphatic carbocycles. The van der Waals surface area contributed by atoms with Crippen LogP contribution in [0.5, 0.6) is 5.75 Å². The molecule has 3 nitrogen and oxygen atoms in total. The Bertz CT molecular complexity index is 372. The van der Waals surface area contributed by atoms with Gasteiger partial charge in [-0.15, -0.1) is 0 Å². The third kappa shape index (κ3) is 3.26. The molecule has 1 amide bonds. The maximum atomic E-state index is 11.3. The van der Waals surface area contributed by atoms with Gasteiger partial charge in [-0.05, 0) is 37.0 Å². The van der Waals surface area contributed by atoms with E-state index in [9.17, 15) is 4.79 Å². The molecule has 0 radical (unpaired) electrons. The summed E-state index contributed by atoms with van der Waals surface area (Å²) in [7, 11) is 0. The third-order valence-corrected chi connectivity index (χ3v) is 2.40. The maximum Gasteiger partial charge on any atom is 0.412 e. The molecular formula is C13H19NO2. The Morgan fingerprint density at radius 2 is 2.12 bits per heavy atom. The van der Waals surface area contributed by atoms with Gasteiger partial charge in [-0.2, -0.15) is 0 Å². The van der Waals surface area contributed by atoms with Gasteiger partial charge in [-0.3, -0.25) is 0 Å².